The predicted octanol–water partition coefficient (Wildman–Crippen LogP) is 3.30. The smallest absolute Gasteiger partial charge is 0.244 e. The number of nitrogens with zero attached hydrogens (tertiary/aromatic N) is 2. The van der Waals surface area contributed by atoms with Crippen LogP contribution >= 0.6 is 0 Å². The Morgan fingerprint density at radius 3 is 2.43 bits per heavy atom. The van der Waals surface area contributed by atoms with Crippen molar-refractivity contribution >= 4 is 10.0 Å². The van der Waals surface area contributed by atoms with E-state index in [9.17, 15) is 8.42 Å². The van der Waals surface area contributed by atoms with E-state index < -0.39 is 16.1 Å². The van der Waals surface area contributed by atoms with E-state index in [2.05, 4.69) is 4.57 Å². The van der Waals surface area contributed by atoms with Gasteiger partial charge in [-0.25, -0.2) is 8.42 Å². The molecule has 0 fully saturated rings. The minimum Gasteiger partial charge on any atom is -0.497 e. The minimum absolute atomic E-state index is 0.285. The summed E-state index contributed by atoms with van der Waals surface area (Å²) in [6.45, 7) is 0.974. The van der Waals surface area contributed by atoms with Crippen molar-refractivity contribution in [3.63, 3.8) is 0 Å². The largest absolute Gasteiger partial charge is 0.497 e. The highest BCUT2D eigenvalue weighted by atomic mass is 32.2. The zero-order valence-electron chi connectivity index (χ0n) is 15.8. The molecule has 0 amide bonds. The second kappa shape index (κ2) is 7.33. The molecule has 7 heteroatoms. The summed E-state index contributed by atoms with van der Waals surface area (Å²) in [4.78, 5) is 0.285. The van der Waals surface area contributed by atoms with Crippen LogP contribution in [-0.4, -0.2) is 38.1 Å². The van der Waals surface area contributed by atoms with E-state index >= 15 is 0 Å². The Hall–Kier alpha value is -2.77. The van der Waals surface area contributed by atoms with Crippen molar-refractivity contribution in [1.82, 2.24) is 8.87 Å². The second-order valence-electron chi connectivity index (χ2n) is 6.57. The molecule has 0 spiro atoms. The zero-order valence-corrected chi connectivity index (χ0v) is 16.6. The number of hydrogen-bond acceptors (Lipinski definition) is 4. The Morgan fingerprint density at radius 1 is 0.929 bits per heavy atom. The number of fused-ring (bicyclic) bond motifs is 1. The van der Waals surface area contributed by atoms with Crippen molar-refractivity contribution in [1.29, 1.82) is 0 Å². The number of benzene rings is 2. The Balaban J connectivity index is 1.89. The van der Waals surface area contributed by atoms with Crippen LogP contribution in [0, 0.1) is 0 Å². The molecular formula is C21H22N2O4S. The first kappa shape index (κ1) is 18.6. The highest BCUT2D eigenvalue weighted by molar-refractivity contribution is 7.89. The van der Waals surface area contributed by atoms with Crippen LogP contribution in [0.2, 0.25) is 0 Å². The maximum atomic E-state index is 13.5. The normalized spacial score (nSPS) is 17.1. The third-order valence-corrected chi connectivity index (χ3v) is 6.96. The molecule has 4 rings (SSSR count). The summed E-state index contributed by atoms with van der Waals surface area (Å²) in [5, 5.41) is 0. The first-order valence-electron chi connectivity index (χ1n) is 9.00. The lowest BCUT2D eigenvalue weighted by atomic mass is 10.0. The van der Waals surface area contributed by atoms with Crippen LogP contribution < -0.4 is 9.47 Å². The summed E-state index contributed by atoms with van der Waals surface area (Å²) >= 11 is 0. The van der Waals surface area contributed by atoms with Crippen LogP contribution in [0.3, 0.4) is 0 Å². The lowest BCUT2D eigenvalue weighted by molar-refractivity contribution is 0.290. The molecule has 28 heavy (non-hydrogen) atoms. The van der Waals surface area contributed by atoms with Gasteiger partial charge in [0.05, 0.1) is 25.2 Å². The molecule has 2 heterocycles. The molecule has 0 saturated heterocycles. The maximum Gasteiger partial charge on any atom is 0.244 e. The van der Waals surface area contributed by atoms with Gasteiger partial charge >= 0.3 is 0 Å². The third kappa shape index (κ3) is 3.06. The van der Waals surface area contributed by atoms with E-state index in [-0.39, 0.29) is 4.90 Å². The quantitative estimate of drug-likeness (QED) is 0.662. The van der Waals surface area contributed by atoms with Gasteiger partial charge in [-0.3, -0.25) is 0 Å². The van der Waals surface area contributed by atoms with Crippen LogP contribution in [0.1, 0.15) is 17.3 Å². The van der Waals surface area contributed by atoms with E-state index in [1.807, 2.05) is 36.5 Å². The number of ether oxygens (including phenoxy) is 2. The molecule has 0 bridgehead atoms. The number of aromatic nitrogens is 1. The van der Waals surface area contributed by atoms with Crippen molar-refractivity contribution in [2.24, 2.45) is 0 Å². The molecule has 6 nitrogen and oxygen atoms in total. The van der Waals surface area contributed by atoms with Crippen LogP contribution in [0.25, 0.3) is 0 Å². The fraction of sp³-hybridized carbons (Fsp3) is 0.238. The number of hydrogen-bond donors (Lipinski definition) is 0. The van der Waals surface area contributed by atoms with E-state index in [0.29, 0.717) is 24.6 Å². The van der Waals surface area contributed by atoms with Gasteiger partial charge in [0, 0.05) is 36.6 Å². The summed E-state index contributed by atoms with van der Waals surface area (Å²) < 4.78 is 41.5. The Morgan fingerprint density at radius 2 is 1.71 bits per heavy atom. The van der Waals surface area contributed by atoms with Crippen molar-refractivity contribution in [2.75, 3.05) is 20.8 Å². The molecule has 1 atom stereocenters. The highest BCUT2D eigenvalue weighted by Crippen LogP contribution is 2.41. The first-order chi connectivity index (χ1) is 13.6. The molecule has 1 unspecified atom stereocenters. The number of sulfonamides is 1. The fourth-order valence-corrected chi connectivity index (χ4v) is 5.30. The molecule has 0 radical (unpaired) electrons. The number of rotatable bonds is 5. The average Bonchev–Trinajstić information content (AvgIpc) is 3.22. The maximum absolute atomic E-state index is 13.5. The van der Waals surface area contributed by atoms with Crippen molar-refractivity contribution in [3.05, 3.63) is 78.1 Å². The van der Waals surface area contributed by atoms with E-state index in [0.717, 1.165) is 11.3 Å². The number of methoxy groups -OCH3 is 2. The van der Waals surface area contributed by atoms with Gasteiger partial charge in [0.1, 0.15) is 11.5 Å². The topological polar surface area (TPSA) is 60.8 Å². The molecule has 0 N–H and O–H groups in total. The van der Waals surface area contributed by atoms with Gasteiger partial charge in [-0.2, -0.15) is 4.31 Å². The lowest BCUT2D eigenvalue weighted by Crippen LogP contribution is -2.42. The summed E-state index contributed by atoms with van der Waals surface area (Å²) in [7, 11) is -0.518. The average molecular weight is 398 g/mol. The van der Waals surface area contributed by atoms with E-state index in [1.54, 1.807) is 48.9 Å². The van der Waals surface area contributed by atoms with Gasteiger partial charge in [0.2, 0.25) is 10.0 Å². The molecule has 1 aromatic heterocycles. The van der Waals surface area contributed by atoms with Crippen LogP contribution in [-0.2, 0) is 16.6 Å². The zero-order chi connectivity index (χ0) is 19.7. The van der Waals surface area contributed by atoms with Gasteiger partial charge in [-0.05, 0) is 36.4 Å². The molecule has 146 valence electrons. The SMILES string of the molecule is COc1ccc(C2c3cccn3CCN2S(=O)(=O)c2ccccc2)c(OC)c1. The van der Waals surface area contributed by atoms with Crippen LogP contribution in [0.4, 0.5) is 0 Å². The van der Waals surface area contributed by atoms with Gasteiger partial charge < -0.3 is 14.0 Å². The molecule has 1 aliphatic rings. The summed E-state index contributed by atoms with van der Waals surface area (Å²) in [6.07, 6.45) is 1.98. The summed E-state index contributed by atoms with van der Waals surface area (Å²) in [5.74, 6) is 1.25. The molecular weight excluding hydrogens is 376 g/mol. The molecule has 1 aliphatic heterocycles. The summed E-state index contributed by atoms with van der Waals surface area (Å²) in [5.41, 5.74) is 1.69. The van der Waals surface area contributed by atoms with Gasteiger partial charge in [0.25, 0.3) is 0 Å². The van der Waals surface area contributed by atoms with Crippen LogP contribution in [0.15, 0.2) is 71.8 Å². The Labute approximate surface area is 165 Å². The van der Waals surface area contributed by atoms with E-state index in [4.69, 9.17) is 9.47 Å². The van der Waals surface area contributed by atoms with E-state index in [1.165, 1.54) is 0 Å². The monoisotopic (exact) mass is 398 g/mol. The van der Waals surface area contributed by atoms with Crippen LogP contribution in [0.5, 0.6) is 11.5 Å². The molecule has 0 saturated carbocycles. The molecule has 2 aromatic carbocycles. The molecule has 3 aromatic rings. The molecule has 0 aliphatic carbocycles. The van der Waals surface area contributed by atoms with Gasteiger partial charge in [0.15, 0.2) is 0 Å². The van der Waals surface area contributed by atoms with Crippen molar-refractivity contribution < 1.29 is 17.9 Å². The Kier molecular flexibility index (Phi) is 4.87. The van der Waals surface area contributed by atoms with Gasteiger partial charge in [-0.1, -0.05) is 18.2 Å². The van der Waals surface area contributed by atoms with Crippen molar-refractivity contribution in [2.45, 2.75) is 17.5 Å². The fourth-order valence-electron chi connectivity index (χ4n) is 3.71. The lowest BCUT2D eigenvalue weighted by Gasteiger charge is -2.36. The second-order valence-corrected chi connectivity index (χ2v) is 8.46. The summed E-state index contributed by atoms with van der Waals surface area (Å²) in [6, 6.07) is 17.4. The Bertz CT molecular complexity index is 1080. The minimum atomic E-state index is -3.69. The van der Waals surface area contributed by atoms with Gasteiger partial charge in [-0.15, -0.1) is 0 Å². The predicted molar refractivity (Wildman–Crippen MR) is 106 cm³/mol. The van der Waals surface area contributed by atoms with Crippen molar-refractivity contribution in [3.8, 4) is 11.5 Å². The standard InChI is InChI=1S/C21H22N2O4S/c1-26-16-10-11-18(20(15-16)27-2)21-19-9-6-12-22(19)13-14-23(21)28(24,25)17-7-4-3-5-8-17/h3-12,15,21H,13-14H2,1-2H3. The first-order valence-corrected chi connectivity index (χ1v) is 10.4. The highest BCUT2D eigenvalue weighted by Gasteiger charge is 2.38. The third-order valence-electron chi connectivity index (χ3n) is 5.08.